The molecular weight excluding hydrogens is 427 g/mol. The van der Waals surface area contributed by atoms with Gasteiger partial charge in [0.2, 0.25) is 5.95 Å². The van der Waals surface area contributed by atoms with Crippen molar-refractivity contribution >= 4 is 35.4 Å². The maximum absolute atomic E-state index is 14.9. The summed E-state index contributed by atoms with van der Waals surface area (Å²) in [5, 5.41) is 19.3. The van der Waals surface area contributed by atoms with E-state index >= 15 is 0 Å². The number of halogens is 1. The highest BCUT2D eigenvalue weighted by Crippen LogP contribution is 2.30. The minimum Gasteiger partial charge on any atom is -0.465 e. The summed E-state index contributed by atoms with van der Waals surface area (Å²) in [4.78, 5) is 34.2. The Morgan fingerprint density at radius 2 is 2.00 bits per heavy atom. The van der Waals surface area contributed by atoms with Crippen LogP contribution >= 0.6 is 0 Å². The van der Waals surface area contributed by atoms with Crippen LogP contribution in [-0.4, -0.2) is 36.3 Å². The second-order valence-electron chi connectivity index (χ2n) is 7.81. The number of pyridine rings is 1. The Morgan fingerprint density at radius 1 is 1.21 bits per heavy atom. The van der Waals surface area contributed by atoms with Crippen LogP contribution in [0.5, 0.6) is 0 Å². The number of nitrogens with zero attached hydrogens (tertiary/aromatic N) is 3. The summed E-state index contributed by atoms with van der Waals surface area (Å²) in [7, 11) is 0. The lowest BCUT2D eigenvalue weighted by molar-refractivity contribution is 0.209. The largest absolute Gasteiger partial charge is 0.465 e. The Labute approximate surface area is 185 Å². The molecule has 0 saturated carbocycles. The Morgan fingerprint density at radius 3 is 2.79 bits per heavy atom. The van der Waals surface area contributed by atoms with Crippen LogP contribution in [0.25, 0.3) is 34.4 Å². The fraction of sp³-hybridized carbons (Fsp3) is 0.174. The Balaban J connectivity index is 1.57. The third-order valence-electron chi connectivity index (χ3n) is 5.70. The van der Waals surface area contributed by atoms with Gasteiger partial charge in [-0.3, -0.25) is 10.1 Å². The molecule has 1 aromatic carbocycles. The number of aryl methyl sites for hydroxylation is 1. The van der Waals surface area contributed by atoms with Gasteiger partial charge in [-0.25, -0.2) is 19.3 Å². The molecule has 9 nitrogen and oxygen atoms in total. The molecule has 0 radical (unpaired) electrons. The van der Waals surface area contributed by atoms with Gasteiger partial charge >= 0.3 is 6.09 Å². The molecule has 1 aliphatic rings. The maximum Gasteiger partial charge on any atom is 0.411 e. The SMILES string of the molecule is Cc1c(-c2cc(Cc3n[nH]c(=O)c4c3=CCCC=4)ccc2F)cnc2nc(NC(=O)O)[nH]c12. The van der Waals surface area contributed by atoms with E-state index in [2.05, 4.69) is 30.5 Å². The number of amides is 1. The second-order valence-corrected chi connectivity index (χ2v) is 7.81. The predicted octanol–water partition coefficient (Wildman–Crippen LogP) is 2.19. The highest BCUT2D eigenvalue weighted by molar-refractivity contribution is 5.88. The first-order chi connectivity index (χ1) is 15.9. The molecule has 33 heavy (non-hydrogen) atoms. The fourth-order valence-corrected chi connectivity index (χ4v) is 4.13. The highest BCUT2D eigenvalue weighted by Gasteiger charge is 2.16. The van der Waals surface area contributed by atoms with Gasteiger partial charge in [-0.2, -0.15) is 10.1 Å². The topological polar surface area (TPSA) is 137 Å². The molecule has 5 rings (SSSR count). The number of hydrogen-bond donors (Lipinski definition) is 4. The molecular formula is C23H19FN6O3. The van der Waals surface area contributed by atoms with Crippen molar-refractivity contribution in [3.8, 4) is 11.1 Å². The smallest absolute Gasteiger partial charge is 0.411 e. The normalized spacial score (nSPS) is 12.7. The van der Waals surface area contributed by atoms with Crippen molar-refractivity contribution in [2.75, 3.05) is 5.32 Å². The number of fused-ring (bicyclic) bond motifs is 2. The minimum absolute atomic E-state index is 0.0430. The van der Waals surface area contributed by atoms with E-state index in [4.69, 9.17) is 5.11 Å². The second kappa shape index (κ2) is 7.97. The molecule has 0 spiro atoms. The van der Waals surface area contributed by atoms with Gasteiger partial charge in [-0.15, -0.1) is 0 Å². The number of carboxylic acid groups (broad SMARTS) is 1. The van der Waals surface area contributed by atoms with Crippen molar-refractivity contribution in [1.82, 2.24) is 25.1 Å². The number of nitrogens with one attached hydrogen (secondary N) is 3. The summed E-state index contributed by atoms with van der Waals surface area (Å²) >= 11 is 0. The zero-order chi connectivity index (χ0) is 23.1. The van der Waals surface area contributed by atoms with E-state index in [1.54, 1.807) is 19.1 Å². The van der Waals surface area contributed by atoms with Gasteiger partial charge in [0.15, 0.2) is 5.65 Å². The van der Waals surface area contributed by atoms with Crippen molar-refractivity contribution in [2.45, 2.75) is 26.2 Å². The van der Waals surface area contributed by atoms with Crippen LogP contribution in [0.2, 0.25) is 0 Å². The molecule has 0 fully saturated rings. The first kappa shape index (κ1) is 20.6. The van der Waals surface area contributed by atoms with E-state index in [0.717, 1.165) is 29.3 Å². The molecule has 166 valence electrons. The van der Waals surface area contributed by atoms with Gasteiger partial charge in [0.25, 0.3) is 5.56 Å². The van der Waals surface area contributed by atoms with Crippen LogP contribution in [0.15, 0.2) is 29.2 Å². The van der Waals surface area contributed by atoms with Gasteiger partial charge in [0.1, 0.15) is 5.82 Å². The molecule has 1 amide bonds. The Hall–Kier alpha value is -4.34. The number of imidazole rings is 1. The summed E-state index contributed by atoms with van der Waals surface area (Å²) < 4.78 is 14.9. The zero-order valence-corrected chi connectivity index (χ0v) is 17.6. The molecule has 4 aromatic rings. The monoisotopic (exact) mass is 446 g/mol. The van der Waals surface area contributed by atoms with Gasteiger partial charge in [-0.1, -0.05) is 18.2 Å². The number of carbonyl (C=O) groups is 1. The quantitative estimate of drug-likeness (QED) is 0.379. The number of aromatic nitrogens is 5. The van der Waals surface area contributed by atoms with E-state index < -0.39 is 11.9 Å². The Kier molecular flexibility index (Phi) is 4.97. The van der Waals surface area contributed by atoms with E-state index in [-0.39, 0.29) is 11.5 Å². The van der Waals surface area contributed by atoms with Gasteiger partial charge in [0.05, 0.1) is 11.2 Å². The van der Waals surface area contributed by atoms with Crippen molar-refractivity contribution in [3.63, 3.8) is 0 Å². The van der Waals surface area contributed by atoms with Crippen LogP contribution in [0.3, 0.4) is 0 Å². The summed E-state index contributed by atoms with van der Waals surface area (Å²) in [5.41, 5.74) is 3.78. The summed E-state index contributed by atoms with van der Waals surface area (Å²) in [6.45, 7) is 1.79. The fourth-order valence-electron chi connectivity index (χ4n) is 4.13. The molecule has 3 aromatic heterocycles. The summed E-state index contributed by atoms with van der Waals surface area (Å²) in [5.74, 6) is -0.371. The number of H-pyrrole nitrogens is 2. The van der Waals surface area contributed by atoms with Gasteiger partial charge in [0, 0.05) is 34.2 Å². The number of aromatic amines is 2. The number of hydrogen-bond acceptors (Lipinski definition) is 5. The molecule has 3 heterocycles. The first-order valence-electron chi connectivity index (χ1n) is 10.3. The predicted molar refractivity (Wildman–Crippen MR) is 121 cm³/mol. The molecule has 10 heteroatoms. The minimum atomic E-state index is -1.25. The molecule has 0 aliphatic heterocycles. The molecule has 0 saturated heterocycles. The van der Waals surface area contributed by atoms with Crippen LogP contribution in [-0.2, 0) is 6.42 Å². The number of anilines is 1. The lowest BCUT2D eigenvalue weighted by atomic mass is 9.97. The Bertz CT molecular complexity index is 1610. The third kappa shape index (κ3) is 3.75. The molecule has 0 unspecified atom stereocenters. The number of rotatable bonds is 4. The van der Waals surface area contributed by atoms with Crippen molar-refractivity contribution in [3.05, 3.63) is 67.8 Å². The molecule has 0 atom stereocenters. The summed E-state index contributed by atoms with van der Waals surface area (Å²) in [6, 6.07) is 4.83. The van der Waals surface area contributed by atoms with Crippen LogP contribution < -0.4 is 21.3 Å². The number of benzene rings is 1. The third-order valence-corrected chi connectivity index (χ3v) is 5.70. The van der Waals surface area contributed by atoms with Gasteiger partial charge < -0.3 is 10.1 Å². The van der Waals surface area contributed by atoms with E-state index in [1.165, 1.54) is 12.3 Å². The van der Waals surface area contributed by atoms with Crippen molar-refractivity contribution in [2.24, 2.45) is 0 Å². The van der Waals surface area contributed by atoms with E-state index in [1.807, 2.05) is 12.2 Å². The van der Waals surface area contributed by atoms with Crippen molar-refractivity contribution in [1.29, 1.82) is 0 Å². The zero-order valence-electron chi connectivity index (χ0n) is 17.6. The van der Waals surface area contributed by atoms with E-state index in [9.17, 15) is 14.0 Å². The first-order valence-corrected chi connectivity index (χ1v) is 10.3. The van der Waals surface area contributed by atoms with Crippen LogP contribution in [0.1, 0.15) is 29.7 Å². The molecule has 1 aliphatic carbocycles. The standard InChI is InChI=1S/C23H19FN6O3/c1-11-16(10-25-20-19(11)26-22(27-20)28-23(32)33)15-8-12(6-7-17(15)24)9-18-13-4-2-3-5-14(13)21(31)30-29-18/h4-8,10H,2-3,9H2,1H3,(H,30,31)(H,32,33)(H2,25,26,27,28). The molecule has 4 N–H and O–H groups in total. The average molecular weight is 446 g/mol. The lowest BCUT2D eigenvalue weighted by Crippen LogP contribution is -2.45. The van der Waals surface area contributed by atoms with Crippen LogP contribution in [0, 0.1) is 12.7 Å². The summed E-state index contributed by atoms with van der Waals surface area (Å²) in [6.07, 6.45) is 6.27. The molecule has 0 bridgehead atoms. The average Bonchev–Trinajstić information content (AvgIpc) is 3.20. The van der Waals surface area contributed by atoms with Crippen molar-refractivity contribution < 1.29 is 14.3 Å². The van der Waals surface area contributed by atoms with Gasteiger partial charge in [-0.05, 0) is 43.0 Å². The van der Waals surface area contributed by atoms with E-state index in [0.29, 0.717) is 39.5 Å². The highest BCUT2D eigenvalue weighted by atomic mass is 19.1. The van der Waals surface area contributed by atoms with Crippen LogP contribution in [0.4, 0.5) is 15.1 Å². The lowest BCUT2D eigenvalue weighted by Gasteiger charge is -2.11. The maximum atomic E-state index is 14.9.